The van der Waals surface area contributed by atoms with Crippen LogP contribution in [0.1, 0.15) is 31.4 Å². The Morgan fingerprint density at radius 3 is 2.24 bits per heavy atom. The van der Waals surface area contributed by atoms with E-state index in [1.54, 1.807) is 12.1 Å². The number of benzene rings is 3. The number of amides is 2. The van der Waals surface area contributed by atoms with E-state index in [0.717, 1.165) is 16.1 Å². The fourth-order valence-corrected chi connectivity index (χ4v) is 5.24. The molecule has 9 nitrogen and oxygen atoms in total. The Balaban J connectivity index is 2.11. The number of nitrogens with one attached hydrogen (secondary N) is 1. The molecule has 0 saturated carbocycles. The fourth-order valence-electron chi connectivity index (χ4n) is 4.39. The largest absolute Gasteiger partial charge is 0.497 e. The molecule has 11 heteroatoms. The Kier molecular flexibility index (Phi) is 11.3. The Labute approximate surface area is 247 Å². The van der Waals surface area contributed by atoms with Crippen LogP contribution in [0.5, 0.6) is 11.5 Å². The van der Waals surface area contributed by atoms with E-state index in [0.29, 0.717) is 12.2 Å². The molecule has 0 heterocycles. The molecule has 0 spiro atoms. The minimum absolute atomic E-state index is 0.114. The number of rotatable bonds is 14. The van der Waals surface area contributed by atoms with Gasteiger partial charge in [0.1, 0.15) is 29.9 Å². The van der Waals surface area contributed by atoms with Gasteiger partial charge in [0.05, 0.1) is 26.2 Å². The first-order valence-electron chi connectivity index (χ1n) is 13.5. The standard InChI is InChI=1S/C31H38FN3O6S/c1-6-22(2)33-31(37)28(18-23-12-8-7-9-13-23)34(20-24-14-10-11-15-26(24)32)30(36)21-35(42(5,38)39)27-17-16-25(40-3)19-29(27)41-4/h7-17,19,22,28H,6,18,20-21H2,1-5H3,(H,33,37)/t22-,28-/m1/s1. The predicted molar refractivity (Wildman–Crippen MR) is 161 cm³/mol. The van der Waals surface area contributed by atoms with Gasteiger partial charge in [0.2, 0.25) is 21.8 Å². The van der Waals surface area contributed by atoms with Crippen molar-refractivity contribution >= 4 is 27.5 Å². The third-order valence-electron chi connectivity index (χ3n) is 6.91. The molecule has 42 heavy (non-hydrogen) atoms. The molecular weight excluding hydrogens is 561 g/mol. The van der Waals surface area contributed by atoms with E-state index in [1.165, 1.54) is 49.5 Å². The Morgan fingerprint density at radius 2 is 1.64 bits per heavy atom. The van der Waals surface area contributed by atoms with Gasteiger partial charge in [0.15, 0.2) is 0 Å². The van der Waals surface area contributed by atoms with Crippen molar-refractivity contribution < 1.29 is 31.9 Å². The zero-order valence-electron chi connectivity index (χ0n) is 24.5. The van der Waals surface area contributed by atoms with Gasteiger partial charge in [-0.1, -0.05) is 55.5 Å². The average Bonchev–Trinajstić information content (AvgIpc) is 2.97. The van der Waals surface area contributed by atoms with Gasteiger partial charge in [-0.25, -0.2) is 12.8 Å². The van der Waals surface area contributed by atoms with E-state index in [2.05, 4.69) is 5.32 Å². The number of hydrogen-bond acceptors (Lipinski definition) is 6. The van der Waals surface area contributed by atoms with Crippen LogP contribution in [-0.4, -0.2) is 64.2 Å². The smallest absolute Gasteiger partial charge is 0.244 e. The van der Waals surface area contributed by atoms with Crippen LogP contribution in [0.3, 0.4) is 0 Å². The quantitative estimate of drug-likeness (QED) is 0.298. The van der Waals surface area contributed by atoms with Gasteiger partial charge in [-0.2, -0.15) is 0 Å². The second-order valence-electron chi connectivity index (χ2n) is 9.94. The van der Waals surface area contributed by atoms with E-state index in [1.807, 2.05) is 44.2 Å². The van der Waals surface area contributed by atoms with Crippen LogP contribution in [0.2, 0.25) is 0 Å². The molecule has 3 rings (SSSR count). The molecule has 3 aromatic carbocycles. The maximum Gasteiger partial charge on any atom is 0.244 e. The van der Waals surface area contributed by atoms with Gasteiger partial charge < -0.3 is 19.7 Å². The molecule has 226 valence electrons. The highest BCUT2D eigenvalue weighted by Gasteiger charge is 2.34. The average molecular weight is 600 g/mol. The molecule has 1 N–H and O–H groups in total. The highest BCUT2D eigenvalue weighted by molar-refractivity contribution is 7.92. The predicted octanol–water partition coefficient (Wildman–Crippen LogP) is 4.16. The molecule has 0 bridgehead atoms. The van der Waals surface area contributed by atoms with Crippen molar-refractivity contribution in [1.29, 1.82) is 0 Å². The molecule has 0 aliphatic carbocycles. The number of sulfonamides is 1. The molecular formula is C31H38FN3O6S. The first-order valence-corrected chi connectivity index (χ1v) is 15.4. The van der Waals surface area contributed by atoms with E-state index in [-0.39, 0.29) is 36.0 Å². The van der Waals surface area contributed by atoms with E-state index in [4.69, 9.17) is 9.47 Å². The molecule has 0 aliphatic heterocycles. The van der Waals surface area contributed by atoms with Crippen molar-refractivity contribution in [1.82, 2.24) is 10.2 Å². The number of carbonyl (C=O) groups excluding carboxylic acids is 2. The lowest BCUT2D eigenvalue weighted by molar-refractivity contribution is -0.140. The number of anilines is 1. The first-order chi connectivity index (χ1) is 20.0. The zero-order chi connectivity index (χ0) is 30.9. The van der Waals surface area contributed by atoms with Crippen molar-refractivity contribution in [2.24, 2.45) is 0 Å². The summed E-state index contributed by atoms with van der Waals surface area (Å²) in [4.78, 5) is 29.1. The van der Waals surface area contributed by atoms with Crippen molar-refractivity contribution in [3.8, 4) is 11.5 Å². The summed E-state index contributed by atoms with van der Waals surface area (Å²) in [6.45, 7) is 2.86. The van der Waals surface area contributed by atoms with Gasteiger partial charge in [-0.05, 0) is 37.1 Å². The minimum Gasteiger partial charge on any atom is -0.497 e. The number of nitrogens with zero attached hydrogens (tertiary/aromatic N) is 2. The Hall–Kier alpha value is -4.12. The van der Waals surface area contributed by atoms with Gasteiger partial charge in [0, 0.05) is 30.6 Å². The van der Waals surface area contributed by atoms with Crippen LogP contribution in [0.15, 0.2) is 72.8 Å². The van der Waals surface area contributed by atoms with Crippen molar-refractivity contribution in [2.75, 3.05) is 31.3 Å². The summed E-state index contributed by atoms with van der Waals surface area (Å²) < 4.78 is 52.5. The summed E-state index contributed by atoms with van der Waals surface area (Å²) in [5, 5.41) is 2.94. The summed E-state index contributed by atoms with van der Waals surface area (Å²) in [5.41, 5.74) is 1.08. The molecule has 0 aliphatic rings. The summed E-state index contributed by atoms with van der Waals surface area (Å²) in [5.74, 6) is -1.06. The number of carbonyl (C=O) groups is 2. The van der Waals surface area contributed by atoms with Crippen LogP contribution < -0.4 is 19.1 Å². The van der Waals surface area contributed by atoms with Crippen LogP contribution in [-0.2, 0) is 32.6 Å². The van der Waals surface area contributed by atoms with Crippen LogP contribution >= 0.6 is 0 Å². The van der Waals surface area contributed by atoms with E-state index < -0.39 is 40.2 Å². The van der Waals surface area contributed by atoms with Gasteiger partial charge >= 0.3 is 0 Å². The SMILES string of the molecule is CC[C@@H](C)NC(=O)[C@@H](Cc1ccccc1)N(Cc1ccccc1F)C(=O)CN(c1ccc(OC)cc1OC)S(C)(=O)=O. The number of ether oxygens (including phenoxy) is 2. The Morgan fingerprint density at radius 1 is 0.976 bits per heavy atom. The molecule has 0 fully saturated rings. The lowest BCUT2D eigenvalue weighted by atomic mass is 10.0. The monoisotopic (exact) mass is 599 g/mol. The fraction of sp³-hybridized carbons (Fsp3) is 0.355. The summed E-state index contributed by atoms with van der Waals surface area (Å²) >= 11 is 0. The van der Waals surface area contributed by atoms with Crippen LogP contribution in [0.4, 0.5) is 10.1 Å². The van der Waals surface area contributed by atoms with E-state index in [9.17, 15) is 22.4 Å². The van der Waals surface area contributed by atoms with Gasteiger partial charge in [-0.15, -0.1) is 0 Å². The molecule has 0 unspecified atom stereocenters. The lowest BCUT2D eigenvalue weighted by Gasteiger charge is -2.34. The van der Waals surface area contributed by atoms with Crippen molar-refractivity contribution in [3.63, 3.8) is 0 Å². The molecule has 0 saturated heterocycles. The normalized spacial score (nSPS) is 12.6. The molecule has 2 amide bonds. The van der Waals surface area contributed by atoms with Crippen LogP contribution in [0, 0.1) is 5.82 Å². The Bertz CT molecular complexity index is 1470. The van der Waals surface area contributed by atoms with Crippen molar-refractivity contribution in [2.45, 2.75) is 45.3 Å². The number of methoxy groups -OCH3 is 2. The summed E-state index contributed by atoms with van der Waals surface area (Å²) in [6, 6.07) is 18.4. The zero-order valence-corrected chi connectivity index (χ0v) is 25.4. The van der Waals surface area contributed by atoms with Crippen molar-refractivity contribution in [3.05, 3.63) is 89.7 Å². The highest BCUT2D eigenvalue weighted by Crippen LogP contribution is 2.34. The third kappa shape index (κ3) is 8.45. The number of halogens is 1. The second-order valence-corrected chi connectivity index (χ2v) is 11.9. The molecule has 0 aromatic heterocycles. The topological polar surface area (TPSA) is 105 Å². The second kappa shape index (κ2) is 14.7. The van der Waals surface area contributed by atoms with E-state index >= 15 is 0 Å². The third-order valence-corrected chi connectivity index (χ3v) is 8.03. The lowest BCUT2D eigenvalue weighted by Crippen LogP contribution is -2.54. The minimum atomic E-state index is -4.02. The first kappa shape index (κ1) is 32.4. The molecule has 3 aromatic rings. The maximum atomic E-state index is 14.9. The molecule has 0 radical (unpaired) electrons. The number of hydrogen-bond donors (Lipinski definition) is 1. The summed E-state index contributed by atoms with van der Waals surface area (Å²) in [6.07, 6.45) is 1.76. The van der Waals surface area contributed by atoms with Gasteiger partial charge in [-0.3, -0.25) is 13.9 Å². The maximum absolute atomic E-state index is 14.9. The summed E-state index contributed by atoms with van der Waals surface area (Å²) in [7, 11) is -1.18. The molecule has 2 atom stereocenters. The van der Waals surface area contributed by atoms with Gasteiger partial charge in [0.25, 0.3) is 0 Å². The van der Waals surface area contributed by atoms with Crippen LogP contribution in [0.25, 0.3) is 0 Å². The highest BCUT2D eigenvalue weighted by atomic mass is 32.2.